The van der Waals surface area contributed by atoms with Crippen LogP contribution < -0.4 is 10.6 Å². The Morgan fingerprint density at radius 3 is 2.85 bits per heavy atom. The summed E-state index contributed by atoms with van der Waals surface area (Å²) in [5.74, 6) is -0.0626. The van der Waals surface area contributed by atoms with Gasteiger partial charge in [0.2, 0.25) is 11.8 Å². The molecule has 1 heterocycles. The number of piperidine rings is 1. The highest BCUT2D eigenvalue weighted by atomic mass is 16.2. The van der Waals surface area contributed by atoms with Crippen molar-refractivity contribution in [3.05, 3.63) is 41.0 Å². The third-order valence-electron chi connectivity index (χ3n) is 3.45. The van der Waals surface area contributed by atoms with Crippen LogP contribution in [0.5, 0.6) is 0 Å². The molecule has 0 bridgehead atoms. The lowest BCUT2D eigenvalue weighted by Crippen LogP contribution is -2.47. The van der Waals surface area contributed by atoms with Crippen molar-refractivity contribution in [2.75, 3.05) is 6.54 Å². The van der Waals surface area contributed by atoms with Crippen molar-refractivity contribution in [2.45, 2.75) is 32.7 Å². The van der Waals surface area contributed by atoms with Gasteiger partial charge in [0, 0.05) is 25.1 Å². The summed E-state index contributed by atoms with van der Waals surface area (Å²) < 4.78 is 0. The number of hydrogen-bond donors (Lipinski definition) is 2. The van der Waals surface area contributed by atoms with Crippen LogP contribution in [0.2, 0.25) is 0 Å². The molecule has 1 saturated heterocycles. The molecule has 0 spiro atoms. The second-order valence-electron chi connectivity index (χ2n) is 5.24. The normalized spacial score (nSPS) is 18.9. The maximum Gasteiger partial charge on any atom is 0.244 e. The highest BCUT2D eigenvalue weighted by Crippen LogP contribution is 2.12. The number of benzene rings is 1. The molecule has 20 heavy (non-hydrogen) atoms. The third-order valence-corrected chi connectivity index (χ3v) is 3.45. The van der Waals surface area contributed by atoms with Crippen LogP contribution in [0.1, 0.15) is 29.5 Å². The minimum atomic E-state index is -0.119. The molecule has 1 fully saturated rings. The number of hydrogen-bond acceptors (Lipinski definition) is 2. The lowest BCUT2D eigenvalue weighted by atomic mass is 10.1. The molecule has 4 nitrogen and oxygen atoms in total. The van der Waals surface area contributed by atoms with Gasteiger partial charge in [0.05, 0.1) is 0 Å². The number of carbonyl (C=O) groups excluding carboxylic acids is 2. The Morgan fingerprint density at radius 1 is 1.40 bits per heavy atom. The molecular weight excluding hydrogens is 252 g/mol. The SMILES string of the molecule is Cc1ccc(C=CC(=O)NC2CCC(=O)NC2)c(C)c1. The topological polar surface area (TPSA) is 58.2 Å². The van der Waals surface area contributed by atoms with E-state index in [-0.39, 0.29) is 17.9 Å². The van der Waals surface area contributed by atoms with E-state index in [1.54, 1.807) is 6.08 Å². The van der Waals surface area contributed by atoms with E-state index in [1.807, 2.05) is 32.1 Å². The van der Waals surface area contributed by atoms with Crippen LogP contribution in [0.15, 0.2) is 24.3 Å². The van der Waals surface area contributed by atoms with Crippen molar-refractivity contribution in [2.24, 2.45) is 0 Å². The van der Waals surface area contributed by atoms with Gasteiger partial charge in [-0.1, -0.05) is 23.8 Å². The largest absolute Gasteiger partial charge is 0.354 e. The molecule has 2 rings (SSSR count). The highest BCUT2D eigenvalue weighted by molar-refractivity contribution is 5.92. The van der Waals surface area contributed by atoms with E-state index >= 15 is 0 Å². The van der Waals surface area contributed by atoms with Gasteiger partial charge < -0.3 is 10.6 Å². The first-order chi connectivity index (χ1) is 9.54. The smallest absolute Gasteiger partial charge is 0.244 e. The van der Waals surface area contributed by atoms with Gasteiger partial charge in [-0.2, -0.15) is 0 Å². The minimum Gasteiger partial charge on any atom is -0.354 e. The Balaban J connectivity index is 1.90. The number of carbonyl (C=O) groups is 2. The Bertz CT molecular complexity index is 539. The summed E-state index contributed by atoms with van der Waals surface area (Å²) in [6.07, 6.45) is 4.56. The zero-order valence-electron chi connectivity index (χ0n) is 11.9. The molecule has 1 aromatic carbocycles. The Hall–Kier alpha value is -2.10. The van der Waals surface area contributed by atoms with Crippen LogP contribution in [-0.2, 0) is 9.59 Å². The molecule has 1 aliphatic heterocycles. The molecule has 1 unspecified atom stereocenters. The average molecular weight is 272 g/mol. The van der Waals surface area contributed by atoms with Crippen molar-refractivity contribution < 1.29 is 9.59 Å². The summed E-state index contributed by atoms with van der Waals surface area (Å²) in [5.41, 5.74) is 3.41. The standard InChI is InChI=1S/C16H20N2O2/c1-11-3-4-13(12(2)9-11)5-7-16(20)18-14-6-8-15(19)17-10-14/h3-5,7,9,14H,6,8,10H2,1-2H3,(H,17,19)(H,18,20). The molecule has 106 valence electrons. The minimum absolute atomic E-state index is 0.0314. The summed E-state index contributed by atoms with van der Waals surface area (Å²) in [7, 11) is 0. The van der Waals surface area contributed by atoms with Crippen molar-refractivity contribution in [3.63, 3.8) is 0 Å². The fourth-order valence-electron chi connectivity index (χ4n) is 2.28. The van der Waals surface area contributed by atoms with Gasteiger partial charge in [-0.25, -0.2) is 0 Å². The van der Waals surface area contributed by atoms with Crippen molar-refractivity contribution in [1.29, 1.82) is 0 Å². The predicted octanol–water partition coefficient (Wildman–Crippen LogP) is 1.71. The molecule has 0 aliphatic carbocycles. The van der Waals surface area contributed by atoms with Gasteiger partial charge >= 0.3 is 0 Å². The lowest BCUT2D eigenvalue weighted by molar-refractivity contribution is -0.124. The van der Waals surface area contributed by atoms with E-state index in [0.29, 0.717) is 19.4 Å². The molecular formula is C16H20N2O2. The first-order valence-electron chi connectivity index (χ1n) is 6.87. The van der Waals surface area contributed by atoms with Crippen LogP contribution >= 0.6 is 0 Å². The van der Waals surface area contributed by atoms with Gasteiger partial charge in [-0.15, -0.1) is 0 Å². The Labute approximate surface area is 119 Å². The second kappa shape index (κ2) is 6.37. The number of nitrogens with one attached hydrogen (secondary N) is 2. The third kappa shape index (κ3) is 3.95. The number of amides is 2. The highest BCUT2D eigenvalue weighted by Gasteiger charge is 2.18. The van der Waals surface area contributed by atoms with Gasteiger partial charge in [-0.05, 0) is 37.5 Å². The summed E-state index contributed by atoms with van der Waals surface area (Å²) in [5, 5.41) is 5.65. The quantitative estimate of drug-likeness (QED) is 0.823. The summed E-state index contributed by atoms with van der Waals surface area (Å²) in [6, 6.07) is 6.16. The summed E-state index contributed by atoms with van der Waals surface area (Å²) >= 11 is 0. The van der Waals surface area contributed by atoms with E-state index in [2.05, 4.69) is 16.7 Å². The van der Waals surface area contributed by atoms with Crippen molar-refractivity contribution in [3.8, 4) is 0 Å². The summed E-state index contributed by atoms with van der Waals surface area (Å²) in [4.78, 5) is 22.9. The molecule has 0 radical (unpaired) electrons. The van der Waals surface area contributed by atoms with E-state index in [9.17, 15) is 9.59 Å². The molecule has 1 aromatic rings. The van der Waals surface area contributed by atoms with Gasteiger partial charge in [0.1, 0.15) is 0 Å². The van der Waals surface area contributed by atoms with E-state index in [0.717, 1.165) is 11.1 Å². The predicted molar refractivity (Wildman–Crippen MR) is 79.1 cm³/mol. The van der Waals surface area contributed by atoms with E-state index in [1.165, 1.54) is 5.56 Å². The maximum absolute atomic E-state index is 11.8. The van der Waals surface area contributed by atoms with Gasteiger partial charge in [-0.3, -0.25) is 9.59 Å². The first kappa shape index (κ1) is 14.3. The van der Waals surface area contributed by atoms with E-state index < -0.39 is 0 Å². The van der Waals surface area contributed by atoms with Crippen LogP contribution in [0.4, 0.5) is 0 Å². The van der Waals surface area contributed by atoms with Gasteiger partial charge in [0.25, 0.3) is 0 Å². The second-order valence-corrected chi connectivity index (χ2v) is 5.24. The fraction of sp³-hybridized carbons (Fsp3) is 0.375. The summed E-state index contributed by atoms with van der Waals surface area (Å²) in [6.45, 7) is 4.59. The molecule has 2 amide bonds. The number of rotatable bonds is 3. The lowest BCUT2D eigenvalue weighted by Gasteiger charge is -2.22. The molecule has 1 aliphatic rings. The zero-order chi connectivity index (χ0) is 14.5. The zero-order valence-corrected chi connectivity index (χ0v) is 11.9. The molecule has 2 N–H and O–H groups in total. The maximum atomic E-state index is 11.8. The van der Waals surface area contributed by atoms with Crippen LogP contribution in [0.3, 0.4) is 0 Å². The van der Waals surface area contributed by atoms with Crippen molar-refractivity contribution in [1.82, 2.24) is 10.6 Å². The number of aryl methyl sites for hydroxylation is 2. The molecule has 1 atom stereocenters. The molecule has 0 saturated carbocycles. The monoisotopic (exact) mass is 272 g/mol. The molecule has 4 heteroatoms. The van der Waals surface area contributed by atoms with Crippen LogP contribution in [0.25, 0.3) is 6.08 Å². The Morgan fingerprint density at radius 2 is 2.20 bits per heavy atom. The van der Waals surface area contributed by atoms with Gasteiger partial charge in [0.15, 0.2) is 0 Å². The first-order valence-corrected chi connectivity index (χ1v) is 6.87. The Kier molecular flexibility index (Phi) is 4.56. The van der Waals surface area contributed by atoms with Crippen LogP contribution in [-0.4, -0.2) is 24.4 Å². The fourth-order valence-corrected chi connectivity index (χ4v) is 2.28. The van der Waals surface area contributed by atoms with Crippen LogP contribution in [0, 0.1) is 13.8 Å². The van der Waals surface area contributed by atoms with Crippen molar-refractivity contribution >= 4 is 17.9 Å². The average Bonchev–Trinajstić information content (AvgIpc) is 2.40. The molecule has 0 aromatic heterocycles. The van der Waals surface area contributed by atoms with E-state index in [4.69, 9.17) is 0 Å².